The van der Waals surface area contributed by atoms with E-state index in [0.717, 1.165) is 17.9 Å². The molecule has 8 nitrogen and oxygen atoms in total. The number of anilines is 1. The Morgan fingerprint density at radius 3 is 2.58 bits per heavy atom. The summed E-state index contributed by atoms with van der Waals surface area (Å²) in [5.41, 5.74) is 0.785. The van der Waals surface area contributed by atoms with E-state index in [1.807, 2.05) is 38.1 Å². The Kier molecular flexibility index (Phi) is 11.6. The van der Waals surface area contributed by atoms with Crippen LogP contribution in [0.5, 0.6) is 5.75 Å². The van der Waals surface area contributed by atoms with Crippen molar-refractivity contribution in [2.24, 2.45) is 5.92 Å². The van der Waals surface area contributed by atoms with Crippen LogP contribution >= 0.6 is 0 Å². The summed E-state index contributed by atoms with van der Waals surface area (Å²) in [5.74, 6) is -0.0302. The molecule has 8 heteroatoms. The summed E-state index contributed by atoms with van der Waals surface area (Å²) in [4.78, 5) is 38.7. The number of ether oxygens (including phenoxy) is 2. The van der Waals surface area contributed by atoms with Crippen molar-refractivity contribution in [3.63, 3.8) is 0 Å². The molecule has 1 aromatic carbocycles. The molecule has 2 rings (SSSR count). The second-order valence-electron chi connectivity index (χ2n) is 8.82. The SMILES string of the molecule is CCCCCCCOc1ccc(NCC(=O)N2CCNC(=O)C2CC(=O)OCC(C)C)cc1. The molecule has 1 unspecified atom stereocenters. The minimum atomic E-state index is -0.846. The number of benzene rings is 1. The van der Waals surface area contributed by atoms with Crippen LogP contribution in [0.3, 0.4) is 0 Å². The lowest BCUT2D eigenvalue weighted by atomic mass is 10.1. The Labute approximate surface area is 197 Å². The van der Waals surface area contributed by atoms with Crippen LogP contribution in [0.4, 0.5) is 5.69 Å². The molecule has 1 heterocycles. The van der Waals surface area contributed by atoms with Gasteiger partial charge in [0.25, 0.3) is 0 Å². The van der Waals surface area contributed by atoms with Gasteiger partial charge in [-0.05, 0) is 36.6 Å². The van der Waals surface area contributed by atoms with Crippen LogP contribution in [-0.2, 0) is 19.1 Å². The second kappa shape index (κ2) is 14.4. The summed E-state index contributed by atoms with van der Waals surface area (Å²) >= 11 is 0. The van der Waals surface area contributed by atoms with Crippen LogP contribution in [0.15, 0.2) is 24.3 Å². The van der Waals surface area contributed by atoms with Crippen LogP contribution in [0, 0.1) is 5.92 Å². The van der Waals surface area contributed by atoms with Crippen molar-refractivity contribution in [2.75, 3.05) is 38.2 Å². The van der Waals surface area contributed by atoms with Gasteiger partial charge in [0.1, 0.15) is 11.8 Å². The highest BCUT2D eigenvalue weighted by molar-refractivity contribution is 5.93. The van der Waals surface area contributed by atoms with Crippen molar-refractivity contribution < 1.29 is 23.9 Å². The van der Waals surface area contributed by atoms with Gasteiger partial charge in [-0.25, -0.2) is 0 Å². The van der Waals surface area contributed by atoms with E-state index in [9.17, 15) is 14.4 Å². The van der Waals surface area contributed by atoms with E-state index in [0.29, 0.717) is 26.3 Å². The number of carbonyl (C=O) groups excluding carboxylic acids is 3. The van der Waals surface area contributed by atoms with E-state index >= 15 is 0 Å². The van der Waals surface area contributed by atoms with E-state index in [4.69, 9.17) is 9.47 Å². The number of amides is 2. The lowest BCUT2D eigenvalue weighted by Gasteiger charge is -2.34. The maximum absolute atomic E-state index is 12.8. The third-order valence-corrected chi connectivity index (χ3v) is 5.40. The molecule has 0 saturated carbocycles. The maximum Gasteiger partial charge on any atom is 0.308 e. The summed E-state index contributed by atoms with van der Waals surface area (Å²) in [7, 11) is 0. The fraction of sp³-hybridized carbons (Fsp3) is 0.640. The summed E-state index contributed by atoms with van der Waals surface area (Å²) in [5, 5.41) is 5.82. The molecular formula is C25H39N3O5. The third kappa shape index (κ3) is 9.72. The molecule has 0 spiro atoms. The van der Waals surface area contributed by atoms with E-state index < -0.39 is 12.0 Å². The van der Waals surface area contributed by atoms with Crippen LogP contribution in [-0.4, -0.2) is 61.6 Å². The average Bonchev–Trinajstić information content (AvgIpc) is 2.80. The third-order valence-electron chi connectivity index (χ3n) is 5.40. The quantitative estimate of drug-likeness (QED) is 0.326. The van der Waals surface area contributed by atoms with Gasteiger partial charge in [0.05, 0.1) is 26.2 Å². The van der Waals surface area contributed by atoms with Gasteiger partial charge in [0.2, 0.25) is 11.8 Å². The Balaban J connectivity index is 1.80. The number of esters is 1. The zero-order valence-corrected chi connectivity index (χ0v) is 20.2. The van der Waals surface area contributed by atoms with Gasteiger partial charge in [-0.3, -0.25) is 14.4 Å². The zero-order valence-electron chi connectivity index (χ0n) is 20.2. The van der Waals surface area contributed by atoms with Gasteiger partial charge in [0, 0.05) is 18.8 Å². The molecule has 0 radical (unpaired) electrons. The Bertz CT molecular complexity index is 751. The standard InChI is InChI=1S/C25H39N3O5/c1-4-5-6-7-8-15-32-21-11-9-20(10-12-21)27-17-23(29)28-14-13-26-25(31)22(28)16-24(30)33-18-19(2)3/h9-12,19,22,27H,4-8,13-18H2,1-3H3,(H,26,31). The van der Waals surface area contributed by atoms with E-state index in [-0.39, 0.29) is 30.7 Å². The number of hydrogen-bond acceptors (Lipinski definition) is 6. The molecular weight excluding hydrogens is 422 g/mol. The summed E-state index contributed by atoms with van der Waals surface area (Å²) in [6.07, 6.45) is 5.83. The number of hydrogen-bond donors (Lipinski definition) is 2. The summed E-state index contributed by atoms with van der Waals surface area (Å²) in [6.45, 7) is 7.83. The summed E-state index contributed by atoms with van der Waals surface area (Å²) in [6, 6.07) is 6.63. The molecule has 0 aliphatic carbocycles. The van der Waals surface area contributed by atoms with Crippen LogP contribution in [0.1, 0.15) is 59.3 Å². The Morgan fingerprint density at radius 2 is 1.88 bits per heavy atom. The first kappa shape index (κ1) is 26.5. The van der Waals surface area contributed by atoms with Gasteiger partial charge in [-0.15, -0.1) is 0 Å². The zero-order chi connectivity index (χ0) is 24.1. The Hall–Kier alpha value is -2.77. The number of nitrogens with one attached hydrogen (secondary N) is 2. The molecule has 184 valence electrons. The van der Waals surface area contributed by atoms with Crippen molar-refractivity contribution in [1.82, 2.24) is 10.2 Å². The highest BCUT2D eigenvalue weighted by atomic mass is 16.5. The largest absolute Gasteiger partial charge is 0.494 e. The van der Waals surface area contributed by atoms with E-state index in [1.165, 1.54) is 30.6 Å². The molecule has 1 fully saturated rings. The molecule has 1 aliphatic rings. The number of rotatable bonds is 14. The first-order valence-electron chi connectivity index (χ1n) is 12.1. The first-order valence-corrected chi connectivity index (χ1v) is 12.1. The average molecular weight is 462 g/mol. The highest BCUT2D eigenvalue weighted by Crippen LogP contribution is 2.17. The smallest absolute Gasteiger partial charge is 0.308 e. The normalized spacial score (nSPS) is 15.8. The van der Waals surface area contributed by atoms with Crippen LogP contribution in [0.25, 0.3) is 0 Å². The van der Waals surface area contributed by atoms with E-state index in [1.54, 1.807) is 0 Å². The summed E-state index contributed by atoms with van der Waals surface area (Å²) < 4.78 is 11.0. The molecule has 1 aliphatic heterocycles. The van der Waals surface area contributed by atoms with Gasteiger partial charge in [-0.1, -0.05) is 46.5 Å². The van der Waals surface area contributed by atoms with Crippen molar-refractivity contribution in [2.45, 2.75) is 65.3 Å². The molecule has 33 heavy (non-hydrogen) atoms. The number of unbranched alkanes of at least 4 members (excludes halogenated alkanes) is 4. The van der Waals surface area contributed by atoms with E-state index in [2.05, 4.69) is 17.6 Å². The van der Waals surface area contributed by atoms with Gasteiger partial charge >= 0.3 is 5.97 Å². The van der Waals surface area contributed by atoms with Gasteiger partial charge in [-0.2, -0.15) is 0 Å². The van der Waals surface area contributed by atoms with Crippen LogP contribution in [0.2, 0.25) is 0 Å². The first-order chi connectivity index (χ1) is 15.9. The highest BCUT2D eigenvalue weighted by Gasteiger charge is 2.35. The molecule has 1 atom stereocenters. The number of piperazine rings is 1. The lowest BCUT2D eigenvalue weighted by molar-refractivity contribution is -0.152. The van der Waals surface area contributed by atoms with Gasteiger partial charge < -0.3 is 25.0 Å². The topological polar surface area (TPSA) is 97.0 Å². The Morgan fingerprint density at radius 1 is 1.15 bits per heavy atom. The van der Waals surface area contributed by atoms with Crippen LogP contribution < -0.4 is 15.4 Å². The monoisotopic (exact) mass is 461 g/mol. The second-order valence-corrected chi connectivity index (χ2v) is 8.82. The van der Waals surface area contributed by atoms with Crippen molar-refractivity contribution in [3.05, 3.63) is 24.3 Å². The van der Waals surface area contributed by atoms with Crippen molar-refractivity contribution in [3.8, 4) is 5.75 Å². The van der Waals surface area contributed by atoms with Crippen molar-refractivity contribution in [1.29, 1.82) is 0 Å². The fourth-order valence-electron chi connectivity index (χ4n) is 3.54. The fourth-order valence-corrected chi connectivity index (χ4v) is 3.54. The predicted octanol–water partition coefficient (Wildman–Crippen LogP) is 3.36. The van der Waals surface area contributed by atoms with Gasteiger partial charge in [0.15, 0.2) is 0 Å². The minimum absolute atomic E-state index is 0.0302. The molecule has 0 aromatic heterocycles. The molecule has 2 N–H and O–H groups in total. The molecule has 1 aromatic rings. The number of carbonyl (C=O) groups is 3. The number of nitrogens with zero attached hydrogens (tertiary/aromatic N) is 1. The lowest BCUT2D eigenvalue weighted by Crippen LogP contribution is -2.58. The molecule has 1 saturated heterocycles. The minimum Gasteiger partial charge on any atom is -0.494 e. The maximum atomic E-state index is 12.8. The predicted molar refractivity (Wildman–Crippen MR) is 128 cm³/mol. The molecule has 2 amide bonds. The van der Waals surface area contributed by atoms with Crippen molar-refractivity contribution >= 4 is 23.5 Å². The molecule has 0 bridgehead atoms.